The van der Waals surface area contributed by atoms with Crippen molar-refractivity contribution in [2.75, 3.05) is 6.61 Å². The molecule has 2 fully saturated rings. The molecule has 2 aliphatic carbocycles. The molecule has 20 heavy (non-hydrogen) atoms. The maximum absolute atomic E-state index is 12.0. The number of hydrogen-bond acceptors (Lipinski definition) is 2. The molecule has 2 saturated carbocycles. The minimum atomic E-state index is -0.0928. The number of amides is 1. The number of carbonyl (C=O) groups is 1. The van der Waals surface area contributed by atoms with Crippen LogP contribution < -0.4 is 10.1 Å². The van der Waals surface area contributed by atoms with E-state index in [1.165, 1.54) is 25.7 Å². The summed E-state index contributed by atoms with van der Waals surface area (Å²) in [4.78, 5) is 12.0. The van der Waals surface area contributed by atoms with Gasteiger partial charge in [-0.2, -0.15) is 0 Å². The van der Waals surface area contributed by atoms with Crippen LogP contribution in [0.25, 0.3) is 0 Å². The zero-order valence-electron chi connectivity index (χ0n) is 11.1. The summed E-state index contributed by atoms with van der Waals surface area (Å²) >= 11 is 12.0. The van der Waals surface area contributed by atoms with Crippen molar-refractivity contribution in [3.8, 4) is 5.75 Å². The SMILES string of the molecule is O=C(COc1c(Cl)cccc1Cl)NC(C1CC1)C1CC1. The number of para-hydroxylation sites is 1. The molecule has 1 amide bonds. The van der Waals surface area contributed by atoms with Gasteiger partial charge in [-0.3, -0.25) is 4.79 Å². The molecule has 0 atom stereocenters. The maximum atomic E-state index is 12.0. The summed E-state index contributed by atoms with van der Waals surface area (Å²) in [6.45, 7) is -0.0423. The fraction of sp³-hybridized carbons (Fsp3) is 0.533. The lowest BCUT2D eigenvalue weighted by Crippen LogP contribution is -2.40. The Morgan fingerprint density at radius 3 is 2.25 bits per heavy atom. The minimum Gasteiger partial charge on any atom is -0.481 e. The number of benzene rings is 1. The fourth-order valence-corrected chi connectivity index (χ4v) is 3.02. The lowest BCUT2D eigenvalue weighted by molar-refractivity contribution is -0.124. The number of halogens is 2. The Balaban J connectivity index is 1.53. The molecule has 1 N–H and O–H groups in total. The zero-order chi connectivity index (χ0) is 14.1. The van der Waals surface area contributed by atoms with Crippen LogP contribution in [0.2, 0.25) is 10.0 Å². The van der Waals surface area contributed by atoms with Crippen molar-refractivity contribution in [1.82, 2.24) is 5.32 Å². The highest BCUT2D eigenvalue weighted by Crippen LogP contribution is 2.44. The van der Waals surface area contributed by atoms with Crippen molar-refractivity contribution in [2.24, 2.45) is 11.8 Å². The van der Waals surface area contributed by atoms with E-state index in [-0.39, 0.29) is 12.5 Å². The van der Waals surface area contributed by atoms with Crippen LogP contribution in [0.15, 0.2) is 18.2 Å². The summed E-state index contributed by atoms with van der Waals surface area (Å²) < 4.78 is 5.45. The van der Waals surface area contributed by atoms with Crippen LogP contribution in [0.4, 0.5) is 0 Å². The van der Waals surface area contributed by atoms with Crippen LogP contribution in [-0.2, 0) is 4.79 Å². The van der Waals surface area contributed by atoms with Gasteiger partial charge in [0.2, 0.25) is 0 Å². The molecule has 1 aromatic rings. The molecule has 0 heterocycles. The van der Waals surface area contributed by atoms with E-state index >= 15 is 0 Å². The number of rotatable bonds is 6. The van der Waals surface area contributed by atoms with Crippen molar-refractivity contribution in [3.63, 3.8) is 0 Å². The first-order chi connectivity index (χ1) is 9.65. The normalized spacial score (nSPS) is 18.1. The third kappa shape index (κ3) is 3.39. The van der Waals surface area contributed by atoms with E-state index in [9.17, 15) is 4.79 Å². The standard InChI is InChI=1S/C15H17Cl2NO2/c16-11-2-1-3-12(17)15(11)20-8-13(19)18-14(9-4-5-9)10-6-7-10/h1-3,9-10,14H,4-8H2,(H,18,19). The zero-order valence-corrected chi connectivity index (χ0v) is 12.6. The molecule has 0 spiro atoms. The summed E-state index contributed by atoms with van der Waals surface area (Å²) in [5.41, 5.74) is 0. The van der Waals surface area contributed by atoms with Crippen molar-refractivity contribution in [1.29, 1.82) is 0 Å². The van der Waals surface area contributed by atoms with Crippen LogP contribution in [0, 0.1) is 11.8 Å². The monoisotopic (exact) mass is 313 g/mol. The van der Waals surface area contributed by atoms with Gasteiger partial charge < -0.3 is 10.1 Å². The second kappa shape index (κ2) is 5.82. The average Bonchev–Trinajstić information content (AvgIpc) is 3.28. The van der Waals surface area contributed by atoms with Gasteiger partial charge in [-0.15, -0.1) is 0 Å². The maximum Gasteiger partial charge on any atom is 0.258 e. The highest BCUT2D eigenvalue weighted by atomic mass is 35.5. The molecule has 3 rings (SSSR count). The number of nitrogens with one attached hydrogen (secondary N) is 1. The van der Waals surface area contributed by atoms with Gasteiger partial charge in [0, 0.05) is 6.04 Å². The highest BCUT2D eigenvalue weighted by Gasteiger charge is 2.42. The van der Waals surface area contributed by atoms with Gasteiger partial charge >= 0.3 is 0 Å². The van der Waals surface area contributed by atoms with Crippen molar-refractivity contribution < 1.29 is 9.53 Å². The molecule has 0 bridgehead atoms. The molecule has 0 radical (unpaired) electrons. The molecule has 2 aliphatic rings. The largest absolute Gasteiger partial charge is 0.481 e. The van der Waals surface area contributed by atoms with E-state index in [0.29, 0.717) is 33.7 Å². The van der Waals surface area contributed by atoms with Gasteiger partial charge in [-0.1, -0.05) is 29.3 Å². The van der Waals surface area contributed by atoms with E-state index < -0.39 is 0 Å². The topological polar surface area (TPSA) is 38.3 Å². The first-order valence-corrected chi connectivity index (χ1v) is 7.77. The molecule has 3 nitrogen and oxygen atoms in total. The Hall–Kier alpha value is -0.930. The summed E-state index contributed by atoms with van der Waals surface area (Å²) in [7, 11) is 0. The summed E-state index contributed by atoms with van der Waals surface area (Å²) in [5.74, 6) is 1.64. The second-order valence-electron chi connectivity index (χ2n) is 5.61. The van der Waals surface area contributed by atoms with Crippen LogP contribution in [0.3, 0.4) is 0 Å². The van der Waals surface area contributed by atoms with Gasteiger partial charge in [-0.25, -0.2) is 0 Å². The van der Waals surface area contributed by atoms with E-state index in [0.717, 1.165) is 0 Å². The lowest BCUT2D eigenvalue weighted by Gasteiger charge is -2.18. The molecule has 5 heteroatoms. The summed E-state index contributed by atoms with van der Waals surface area (Å²) in [5, 5.41) is 3.94. The van der Waals surface area contributed by atoms with Crippen molar-refractivity contribution in [3.05, 3.63) is 28.2 Å². The first-order valence-electron chi connectivity index (χ1n) is 7.01. The summed E-state index contributed by atoms with van der Waals surface area (Å²) in [6, 6.07) is 5.47. The van der Waals surface area contributed by atoms with Crippen LogP contribution in [0.1, 0.15) is 25.7 Å². The van der Waals surface area contributed by atoms with Crippen molar-refractivity contribution in [2.45, 2.75) is 31.7 Å². The van der Waals surface area contributed by atoms with Gasteiger partial charge in [0.1, 0.15) is 0 Å². The number of carbonyl (C=O) groups excluding carboxylic acids is 1. The third-order valence-electron chi connectivity index (χ3n) is 3.85. The van der Waals surface area contributed by atoms with E-state index in [4.69, 9.17) is 27.9 Å². The smallest absolute Gasteiger partial charge is 0.258 e. The molecule has 0 aromatic heterocycles. The number of ether oxygens (including phenoxy) is 1. The van der Waals surface area contributed by atoms with Gasteiger partial charge in [0.15, 0.2) is 12.4 Å². The Labute approximate surface area is 128 Å². The summed E-state index contributed by atoms with van der Waals surface area (Å²) in [6.07, 6.45) is 4.94. The predicted molar refractivity (Wildman–Crippen MR) is 79.3 cm³/mol. The van der Waals surface area contributed by atoms with Crippen LogP contribution in [-0.4, -0.2) is 18.6 Å². The van der Waals surface area contributed by atoms with Gasteiger partial charge in [0.25, 0.3) is 5.91 Å². The fourth-order valence-electron chi connectivity index (χ4n) is 2.52. The molecule has 0 aliphatic heterocycles. The molecular formula is C15H17Cl2NO2. The predicted octanol–water partition coefficient (Wildman–Crippen LogP) is 3.68. The molecule has 0 unspecified atom stereocenters. The van der Waals surface area contributed by atoms with Gasteiger partial charge in [0.05, 0.1) is 10.0 Å². The average molecular weight is 314 g/mol. The number of hydrogen-bond donors (Lipinski definition) is 1. The van der Waals surface area contributed by atoms with Crippen LogP contribution >= 0.6 is 23.2 Å². The highest BCUT2D eigenvalue weighted by molar-refractivity contribution is 6.37. The Kier molecular flexibility index (Phi) is 4.08. The second-order valence-corrected chi connectivity index (χ2v) is 6.42. The molecular weight excluding hydrogens is 297 g/mol. The Bertz CT molecular complexity index is 480. The van der Waals surface area contributed by atoms with E-state index in [1.807, 2.05) is 0 Å². The minimum absolute atomic E-state index is 0.0423. The van der Waals surface area contributed by atoms with Gasteiger partial charge in [-0.05, 0) is 49.7 Å². The molecule has 0 saturated heterocycles. The first kappa shape index (κ1) is 14.0. The Morgan fingerprint density at radius 1 is 1.20 bits per heavy atom. The van der Waals surface area contributed by atoms with E-state index in [1.54, 1.807) is 18.2 Å². The lowest BCUT2D eigenvalue weighted by atomic mass is 10.1. The van der Waals surface area contributed by atoms with Crippen molar-refractivity contribution >= 4 is 29.1 Å². The third-order valence-corrected chi connectivity index (χ3v) is 4.45. The molecule has 108 valence electrons. The molecule has 1 aromatic carbocycles. The van der Waals surface area contributed by atoms with E-state index in [2.05, 4.69) is 5.32 Å². The quantitative estimate of drug-likeness (QED) is 0.870. The Morgan fingerprint density at radius 2 is 1.75 bits per heavy atom. The van der Waals surface area contributed by atoms with Crippen LogP contribution in [0.5, 0.6) is 5.75 Å².